The van der Waals surface area contributed by atoms with Gasteiger partial charge in [-0.15, -0.1) is 0 Å². The fraction of sp³-hybridized carbons (Fsp3) is 0.400. The van der Waals surface area contributed by atoms with Crippen LogP contribution in [-0.4, -0.2) is 45.8 Å². The van der Waals surface area contributed by atoms with Crippen molar-refractivity contribution in [1.29, 1.82) is 0 Å². The molecule has 1 heterocycles. The lowest BCUT2D eigenvalue weighted by Crippen LogP contribution is -2.44. The molecule has 1 aliphatic carbocycles. The van der Waals surface area contributed by atoms with Gasteiger partial charge in [-0.05, 0) is 29.3 Å². The minimum atomic E-state index is -1.02. The molecule has 1 aliphatic heterocycles. The van der Waals surface area contributed by atoms with Crippen LogP contribution in [0.3, 0.4) is 0 Å². The Kier molecular flexibility index (Phi) is 3.88. The maximum Gasteiger partial charge on any atom is 0.203 e. The SMILES string of the molecule is COc1cc2c(cc1OC)[C@H]1c3ccc(OC)c(OC)c3OC[C@@]1(O)C2. The molecule has 1 N–H and O–H groups in total. The van der Waals surface area contributed by atoms with E-state index in [1.807, 2.05) is 24.3 Å². The van der Waals surface area contributed by atoms with Crippen molar-refractivity contribution in [2.75, 3.05) is 35.0 Å². The van der Waals surface area contributed by atoms with E-state index >= 15 is 0 Å². The number of ether oxygens (including phenoxy) is 5. The fourth-order valence-electron chi connectivity index (χ4n) is 4.16. The highest BCUT2D eigenvalue weighted by Gasteiger charge is 2.51. The van der Waals surface area contributed by atoms with Gasteiger partial charge in [0.25, 0.3) is 0 Å². The molecule has 0 saturated heterocycles. The number of hydrogen-bond donors (Lipinski definition) is 1. The van der Waals surface area contributed by atoms with Crippen molar-refractivity contribution < 1.29 is 28.8 Å². The lowest BCUT2D eigenvalue weighted by Gasteiger charge is -2.37. The van der Waals surface area contributed by atoms with Crippen molar-refractivity contribution >= 4 is 0 Å². The van der Waals surface area contributed by atoms with Gasteiger partial charge in [0.05, 0.1) is 28.4 Å². The summed E-state index contributed by atoms with van der Waals surface area (Å²) in [4.78, 5) is 0. The lowest BCUT2D eigenvalue weighted by atomic mass is 9.80. The highest BCUT2D eigenvalue weighted by Crippen LogP contribution is 2.56. The van der Waals surface area contributed by atoms with Crippen LogP contribution in [0.15, 0.2) is 24.3 Å². The van der Waals surface area contributed by atoms with Crippen LogP contribution in [0.1, 0.15) is 22.6 Å². The molecule has 0 radical (unpaired) electrons. The van der Waals surface area contributed by atoms with Gasteiger partial charge in [0.15, 0.2) is 23.0 Å². The quantitative estimate of drug-likeness (QED) is 0.906. The summed E-state index contributed by atoms with van der Waals surface area (Å²) in [6.45, 7) is 0.174. The molecule has 4 rings (SSSR count). The Balaban J connectivity index is 1.92. The Labute approximate surface area is 152 Å². The number of aliphatic hydroxyl groups is 1. The van der Waals surface area contributed by atoms with Gasteiger partial charge in [-0.1, -0.05) is 6.07 Å². The van der Waals surface area contributed by atoms with Crippen LogP contribution in [0.25, 0.3) is 0 Å². The second-order valence-corrected chi connectivity index (χ2v) is 6.63. The highest BCUT2D eigenvalue weighted by molar-refractivity contribution is 5.64. The van der Waals surface area contributed by atoms with Crippen LogP contribution < -0.4 is 23.7 Å². The molecule has 0 spiro atoms. The van der Waals surface area contributed by atoms with Gasteiger partial charge in [-0.3, -0.25) is 0 Å². The molecule has 0 aromatic heterocycles. The van der Waals surface area contributed by atoms with Gasteiger partial charge >= 0.3 is 0 Å². The summed E-state index contributed by atoms with van der Waals surface area (Å²) in [7, 11) is 6.39. The first-order valence-electron chi connectivity index (χ1n) is 8.41. The molecule has 2 aromatic rings. The number of hydrogen-bond acceptors (Lipinski definition) is 6. The van der Waals surface area contributed by atoms with Gasteiger partial charge < -0.3 is 28.8 Å². The zero-order valence-corrected chi connectivity index (χ0v) is 15.3. The summed E-state index contributed by atoms with van der Waals surface area (Å²) < 4.78 is 27.7. The maximum absolute atomic E-state index is 11.3. The number of methoxy groups -OCH3 is 4. The molecule has 138 valence electrons. The monoisotopic (exact) mass is 358 g/mol. The molecular weight excluding hydrogens is 336 g/mol. The van der Waals surface area contributed by atoms with Crippen molar-refractivity contribution in [1.82, 2.24) is 0 Å². The second kappa shape index (κ2) is 5.99. The first-order valence-corrected chi connectivity index (χ1v) is 8.41. The Morgan fingerprint density at radius 2 is 1.62 bits per heavy atom. The Bertz CT molecular complexity index is 862. The fourth-order valence-corrected chi connectivity index (χ4v) is 4.16. The molecule has 0 bridgehead atoms. The van der Waals surface area contributed by atoms with Gasteiger partial charge in [-0.2, -0.15) is 0 Å². The third-order valence-electron chi connectivity index (χ3n) is 5.30. The minimum absolute atomic E-state index is 0.174. The zero-order valence-electron chi connectivity index (χ0n) is 15.3. The summed E-state index contributed by atoms with van der Waals surface area (Å²) in [5.41, 5.74) is 1.90. The second-order valence-electron chi connectivity index (χ2n) is 6.63. The van der Waals surface area contributed by atoms with Crippen LogP contribution in [-0.2, 0) is 6.42 Å². The summed E-state index contributed by atoms with van der Waals surface area (Å²) >= 11 is 0. The van der Waals surface area contributed by atoms with Gasteiger partial charge in [0.2, 0.25) is 5.75 Å². The minimum Gasteiger partial charge on any atom is -0.493 e. The van der Waals surface area contributed by atoms with E-state index in [4.69, 9.17) is 23.7 Å². The molecule has 26 heavy (non-hydrogen) atoms. The largest absolute Gasteiger partial charge is 0.493 e. The van der Waals surface area contributed by atoms with E-state index in [-0.39, 0.29) is 12.5 Å². The van der Waals surface area contributed by atoms with Gasteiger partial charge in [-0.25, -0.2) is 0 Å². The van der Waals surface area contributed by atoms with E-state index in [9.17, 15) is 5.11 Å². The summed E-state index contributed by atoms with van der Waals surface area (Å²) in [5, 5.41) is 11.3. The molecule has 0 saturated carbocycles. The number of rotatable bonds is 4. The molecule has 0 amide bonds. The van der Waals surface area contributed by atoms with Crippen molar-refractivity contribution in [2.45, 2.75) is 17.9 Å². The predicted octanol–water partition coefficient (Wildman–Crippen LogP) is 2.53. The van der Waals surface area contributed by atoms with E-state index in [1.54, 1.807) is 28.4 Å². The van der Waals surface area contributed by atoms with Crippen molar-refractivity contribution in [3.05, 3.63) is 41.0 Å². The van der Waals surface area contributed by atoms with Crippen molar-refractivity contribution in [2.24, 2.45) is 0 Å². The average Bonchev–Trinajstić information content (AvgIpc) is 2.96. The third kappa shape index (κ3) is 2.22. The molecule has 2 atom stereocenters. The van der Waals surface area contributed by atoms with E-state index in [0.29, 0.717) is 35.2 Å². The Morgan fingerprint density at radius 3 is 2.27 bits per heavy atom. The molecular formula is C20H22O6. The first-order chi connectivity index (χ1) is 12.6. The first kappa shape index (κ1) is 16.8. The smallest absolute Gasteiger partial charge is 0.203 e. The maximum atomic E-state index is 11.3. The summed E-state index contributed by atoms with van der Waals surface area (Å²) in [6, 6.07) is 7.65. The summed E-state index contributed by atoms with van der Waals surface area (Å²) in [5.74, 6) is 2.82. The number of fused-ring (bicyclic) bond motifs is 5. The average molecular weight is 358 g/mol. The van der Waals surface area contributed by atoms with Crippen LogP contribution in [0.2, 0.25) is 0 Å². The molecule has 2 aromatic carbocycles. The molecule has 0 unspecified atom stereocenters. The standard InChI is InChI=1S/C20H22O6/c1-22-14-6-5-12-17-13-8-16(24-3)15(23-2)7-11(13)9-20(17,21)10-26-18(12)19(14)25-4/h5-8,17,21H,9-10H2,1-4H3/t17-,20+/m1/s1. The van der Waals surface area contributed by atoms with E-state index in [2.05, 4.69) is 0 Å². The molecule has 6 nitrogen and oxygen atoms in total. The summed E-state index contributed by atoms with van der Waals surface area (Å²) in [6.07, 6.45) is 0.487. The highest BCUT2D eigenvalue weighted by atomic mass is 16.5. The molecule has 2 aliphatic rings. The van der Waals surface area contributed by atoms with Crippen LogP contribution >= 0.6 is 0 Å². The van der Waals surface area contributed by atoms with Crippen LogP contribution in [0.5, 0.6) is 28.7 Å². The predicted molar refractivity (Wildman–Crippen MR) is 95.1 cm³/mol. The Morgan fingerprint density at radius 1 is 0.923 bits per heavy atom. The Hall–Kier alpha value is -2.60. The van der Waals surface area contributed by atoms with E-state index < -0.39 is 5.60 Å². The van der Waals surface area contributed by atoms with Crippen LogP contribution in [0.4, 0.5) is 0 Å². The number of benzene rings is 2. The van der Waals surface area contributed by atoms with Crippen LogP contribution in [0, 0.1) is 0 Å². The molecule has 6 heteroatoms. The van der Waals surface area contributed by atoms with Crippen molar-refractivity contribution in [3.63, 3.8) is 0 Å². The topological polar surface area (TPSA) is 66.4 Å². The van der Waals surface area contributed by atoms with Crippen molar-refractivity contribution in [3.8, 4) is 28.7 Å². The zero-order chi connectivity index (χ0) is 18.5. The van der Waals surface area contributed by atoms with Gasteiger partial charge in [0.1, 0.15) is 12.2 Å². The van der Waals surface area contributed by atoms with E-state index in [0.717, 1.165) is 16.7 Å². The normalized spacial score (nSPS) is 22.6. The van der Waals surface area contributed by atoms with E-state index in [1.165, 1.54) is 0 Å². The third-order valence-corrected chi connectivity index (χ3v) is 5.30. The van der Waals surface area contributed by atoms with Gasteiger partial charge in [0, 0.05) is 17.9 Å². The lowest BCUT2D eigenvalue weighted by molar-refractivity contribution is -0.0228. The molecule has 0 fully saturated rings.